The Bertz CT molecular complexity index is 223. The van der Waals surface area contributed by atoms with Crippen LogP contribution in [0.15, 0.2) is 12.4 Å². The van der Waals surface area contributed by atoms with Crippen LogP contribution in [0.3, 0.4) is 0 Å². The molecule has 0 saturated heterocycles. The van der Waals surface area contributed by atoms with E-state index in [0.717, 1.165) is 31.9 Å². The molecule has 0 bridgehead atoms. The SMILES string of the molecule is COCC(C)CNCCc1ncc[nH]1. The topological polar surface area (TPSA) is 49.9 Å². The fraction of sp³-hybridized carbons (Fsp3) is 0.700. The minimum atomic E-state index is 0.566. The van der Waals surface area contributed by atoms with Gasteiger partial charge in [-0.25, -0.2) is 4.98 Å². The predicted octanol–water partition coefficient (Wildman–Crippen LogP) is 0.824. The van der Waals surface area contributed by atoms with Gasteiger partial charge in [0, 0.05) is 39.1 Å². The van der Waals surface area contributed by atoms with E-state index in [0.29, 0.717) is 5.92 Å². The average molecular weight is 197 g/mol. The van der Waals surface area contributed by atoms with Crippen LogP contribution in [0, 0.1) is 5.92 Å². The minimum absolute atomic E-state index is 0.566. The van der Waals surface area contributed by atoms with Crippen LogP contribution in [-0.4, -0.2) is 36.8 Å². The van der Waals surface area contributed by atoms with Crippen molar-refractivity contribution in [1.82, 2.24) is 15.3 Å². The summed E-state index contributed by atoms with van der Waals surface area (Å²) in [5.74, 6) is 1.61. The quantitative estimate of drug-likeness (QED) is 0.636. The second kappa shape index (κ2) is 6.56. The van der Waals surface area contributed by atoms with E-state index in [1.54, 1.807) is 13.3 Å². The zero-order chi connectivity index (χ0) is 10.2. The molecule has 4 nitrogen and oxygen atoms in total. The van der Waals surface area contributed by atoms with Crippen molar-refractivity contribution in [2.75, 3.05) is 26.8 Å². The van der Waals surface area contributed by atoms with Crippen molar-refractivity contribution < 1.29 is 4.74 Å². The summed E-state index contributed by atoms with van der Waals surface area (Å²) in [5.41, 5.74) is 0. The molecule has 0 radical (unpaired) electrons. The number of H-pyrrole nitrogens is 1. The molecule has 0 spiro atoms. The lowest BCUT2D eigenvalue weighted by atomic mass is 10.2. The smallest absolute Gasteiger partial charge is 0.107 e. The number of nitrogens with zero attached hydrogens (tertiary/aromatic N) is 1. The number of hydrogen-bond donors (Lipinski definition) is 2. The molecule has 1 aromatic rings. The molecule has 0 fully saturated rings. The van der Waals surface area contributed by atoms with Gasteiger partial charge >= 0.3 is 0 Å². The number of nitrogens with one attached hydrogen (secondary N) is 2. The Kier molecular flexibility index (Phi) is 5.25. The van der Waals surface area contributed by atoms with Crippen LogP contribution in [0.4, 0.5) is 0 Å². The molecule has 1 unspecified atom stereocenters. The standard InChI is InChI=1S/C10H19N3O/c1-9(8-14-2)7-11-4-3-10-12-5-6-13-10/h5-6,9,11H,3-4,7-8H2,1-2H3,(H,12,13). The van der Waals surface area contributed by atoms with Gasteiger partial charge in [-0.3, -0.25) is 0 Å². The molecule has 80 valence electrons. The van der Waals surface area contributed by atoms with E-state index >= 15 is 0 Å². The summed E-state index contributed by atoms with van der Waals surface area (Å²) in [4.78, 5) is 7.22. The maximum absolute atomic E-state index is 5.05. The summed E-state index contributed by atoms with van der Waals surface area (Å²) in [6.07, 6.45) is 4.58. The summed E-state index contributed by atoms with van der Waals surface area (Å²) in [5, 5.41) is 3.37. The first-order valence-electron chi connectivity index (χ1n) is 5.01. The second-order valence-electron chi connectivity index (χ2n) is 3.55. The molecule has 1 heterocycles. The first-order valence-corrected chi connectivity index (χ1v) is 5.01. The fourth-order valence-corrected chi connectivity index (χ4v) is 1.33. The Balaban J connectivity index is 1.99. The van der Waals surface area contributed by atoms with Gasteiger partial charge < -0.3 is 15.0 Å². The van der Waals surface area contributed by atoms with E-state index in [1.807, 2.05) is 6.20 Å². The highest BCUT2D eigenvalue weighted by atomic mass is 16.5. The van der Waals surface area contributed by atoms with Gasteiger partial charge in [0.15, 0.2) is 0 Å². The van der Waals surface area contributed by atoms with Crippen LogP contribution in [0.1, 0.15) is 12.7 Å². The van der Waals surface area contributed by atoms with E-state index in [2.05, 4.69) is 22.2 Å². The summed E-state index contributed by atoms with van der Waals surface area (Å²) in [6, 6.07) is 0. The Hall–Kier alpha value is -0.870. The van der Waals surface area contributed by atoms with Crippen molar-refractivity contribution in [3.63, 3.8) is 0 Å². The summed E-state index contributed by atoms with van der Waals surface area (Å²) in [7, 11) is 1.74. The highest BCUT2D eigenvalue weighted by molar-refractivity contribution is 4.87. The lowest BCUT2D eigenvalue weighted by Crippen LogP contribution is -2.25. The number of aromatic nitrogens is 2. The number of methoxy groups -OCH3 is 1. The van der Waals surface area contributed by atoms with E-state index in [-0.39, 0.29) is 0 Å². The molecule has 1 atom stereocenters. The van der Waals surface area contributed by atoms with Crippen LogP contribution in [-0.2, 0) is 11.2 Å². The van der Waals surface area contributed by atoms with Crippen molar-refractivity contribution in [2.45, 2.75) is 13.3 Å². The molecule has 0 amide bonds. The molecule has 1 aromatic heterocycles. The van der Waals surface area contributed by atoms with Gasteiger partial charge in [-0.05, 0) is 12.5 Å². The highest BCUT2D eigenvalue weighted by Gasteiger charge is 2.00. The molecule has 0 aliphatic heterocycles. The maximum atomic E-state index is 5.05. The van der Waals surface area contributed by atoms with Gasteiger partial charge in [-0.15, -0.1) is 0 Å². The molecule has 2 N–H and O–H groups in total. The molecule has 0 aliphatic carbocycles. The van der Waals surface area contributed by atoms with Gasteiger partial charge in [0.05, 0.1) is 0 Å². The van der Waals surface area contributed by atoms with Crippen molar-refractivity contribution in [1.29, 1.82) is 0 Å². The third-order valence-corrected chi connectivity index (χ3v) is 2.04. The van der Waals surface area contributed by atoms with Crippen LogP contribution < -0.4 is 5.32 Å². The van der Waals surface area contributed by atoms with Gasteiger partial charge in [0.25, 0.3) is 0 Å². The van der Waals surface area contributed by atoms with Crippen molar-refractivity contribution in [2.24, 2.45) is 5.92 Å². The number of aromatic amines is 1. The summed E-state index contributed by atoms with van der Waals surface area (Å²) in [6.45, 7) is 4.94. The Morgan fingerprint density at radius 1 is 1.64 bits per heavy atom. The Labute approximate surface area is 85.1 Å². The van der Waals surface area contributed by atoms with Gasteiger partial charge in [-0.1, -0.05) is 6.92 Å². The molecule has 0 saturated carbocycles. The first-order chi connectivity index (χ1) is 6.83. The maximum Gasteiger partial charge on any atom is 0.107 e. The van der Waals surface area contributed by atoms with Crippen molar-refractivity contribution in [3.8, 4) is 0 Å². The second-order valence-corrected chi connectivity index (χ2v) is 3.55. The average Bonchev–Trinajstić information content (AvgIpc) is 2.65. The van der Waals surface area contributed by atoms with E-state index < -0.39 is 0 Å². The van der Waals surface area contributed by atoms with E-state index in [9.17, 15) is 0 Å². The molecule has 0 aromatic carbocycles. The monoisotopic (exact) mass is 197 g/mol. The van der Waals surface area contributed by atoms with Crippen LogP contribution in [0.5, 0.6) is 0 Å². The van der Waals surface area contributed by atoms with Gasteiger partial charge in [0.2, 0.25) is 0 Å². The minimum Gasteiger partial charge on any atom is -0.384 e. The molecule has 0 aliphatic rings. The lowest BCUT2D eigenvalue weighted by Gasteiger charge is -2.10. The first kappa shape index (κ1) is 11.2. The summed E-state index contributed by atoms with van der Waals surface area (Å²) < 4.78 is 5.05. The molecule has 4 heteroatoms. The molecular weight excluding hydrogens is 178 g/mol. The molecule has 1 rings (SSSR count). The Morgan fingerprint density at radius 3 is 3.14 bits per heavy atom. The third kappa shape index (κ3) is 4.39. The van der Waals surface area contributed by atoms with Crippen molar-refractivity contribution >= 4 is 0 Å². The third-order valence-electron chi connectivity index (χ3n) is 2.04. The van der Waals surface area contributed by atoms with Crippen LogP contribution in [0.25, 0.3) is 0 Å². The Morgan fingerprint density at radius 2 is 2.50 bits per heavy atom. The zero-order valence-electron chi connectivity index (χ0n) is 8.92. The number of rotatable bonds is 7. The van der Waals surface area contributed by atoms with Crippen LogP contribution >= 0.6 is 0 Å². The highest BCUT2D eigenvalue weighted by Crippen LogP contribution is 1.93. The van der Waals surface area contributed by atoms with Gasteiger partial charge in [0.1, 0.15) is 5.82 Å². The summed E-state index contributed by atoms with van der Waals surface area (Å²) >= 11 is 0. The number of imidazole rings is 1. The zero-order valence-corrected chi connectivity index (χ0v) is 8.92. The largest absolute Gasteiger partial charge is 0.384 e. The molecular formula is C10H19N3O. The van der Waals surface area contributed by atoms with Crippen LogP contribution in [0.2, 0.25) is 0 Å². The van der Waals surface area contributed by atoms with Crippen molar-refractivity contribution in [3.05, 3.63) is 18.2 Å². The van der Waals surface area contributed by atoms with Gasteiger partial charge in [-0.2, -0.15) is 0 Å². The molecule has 14 heavy (non-hydrogen) atoms. The van der Waals surface area contributed by atoms with E-state index in [4.69, 9.17) is 4.74 Å². The number of ether oxygens (including phenoxy) is 1. The lowest BCUT2D eigenvalue weighted by molar-refractivity contribution is 0.158. The van der Waals surface area contributed by atoms with E-state index in [1.165, 1.54) is 0 Å². The normalized spacial score (nSPS) is 13.0. The number of hydrogen-bond acceptors (Lipinski definition) is 3. The fourth-order valence-electron chi connectivity index (χ4n) is 1.33. The predicted molar refractivity (Wildman–Crippen MR) is 56.2 cm³/mol.